The summed E-state index contributed by atoms with van der Waals surface area (Å²) >= 11 is 0. The van der Waals surface area contributed by atoms with Crippen molar-refractivity contribution >= 4 is 5.91 Å². The molecule has 1 aromatic carbocycles. The van der Waals surface area contributed by atoms with Gasteiger partial charge in [-0.2, -0.15) is 0 Å². The van der Waals surface area contributed by atoms with Crippen molar-refractivity contribution in [1.29, 1.82) is 0 Å². The number of carbonyl (C=O) groups is 1. The summed E-state index contributed by atoms with van der Waals surface area (Å²) in [5, 5.41) is 11.4. The van der Waals surface area contributed by atoms with Crippen LogP contribution in [0.5, 0.6) is 5.75 Å². The number of aliphatic hydroxyl groups excluding tert-OH is 1. The molecule has 0 unspecified atom stereocenters. The van der Waals surface area contributed by atoms with Gasteiger partial charge in [-0.3, -0.25) is 4.79 Å². The number of methoxy groups -OCH3 is 1. The zero-order valence-electron chi connectivity index (χ0n) is 12.3. The number of hydrogen-bond donors (Lipinski definition) is 2. The lowest BCUT2D eigenvalue weighted by molar-refractivity contribution is 0.0944. The summed E-state index contributed by atoms with van der Waals surface area (Å²) in [4.78, 5) is 12.0. The number of aryl methyl sites for hydroxylation is 1. The van der Waals surface area contributed by atoms with Crippen LogP contribution in [0.2, 0.25) is 0 Å². The lowest BCUT2D eigenvalue weighted by Crippen LogP contribution is -2.27. The maximum atomic E-state index is 12.0. The molecular weight excluding hydrogens is 242 g/mol. The van der Waals surface area contributed by atoms with Crippen LogP contribution >= 0.6 is 0 Å². The van der Waals surface area contributed by atoms with Gasteiger partial charge in [-0.15, -0.1) is 0 Å². The highest BCUT2D eigenvalue weighted by molar-refractivity contribution is 5.96. The van der Waals surface area contributed by atoms with Gasteiger partial charge in [0.1, 0.15) is 5.75 Å². The fourth-order valence-electron chi connectivity index (χ4n) is 1.95. The second-order valence-corrected chi connectivity index (χ2v) is 5.60. The summed E-state index contributed by atoms with van der Waals surface area (Å²) in [5.74, 6) is 0.628. The molecule has 2 N–H and O–H groups in total. The fraction of sp³-hybridized carbons (Fsp3) is 0.533. The molecule has 0 aliphatic rings. The van der Waals surface area contributed by atoms with Crippen LogP contribution in [-0.2, 0) is 5.41 Å². The van der Waals surface area contributed by atoms with Gasteiger partial charge in [-0.05, 0) is 30.0 Å². The molecule has 0 aromatic heterocycles. The predicted molar refractivity (Wildman–Crippen MR) is 75.9 cm³/mol. The van der Waals surface area contributed by atoms with E-state index in [4.69, 9.17) is 9.84 Å². The molecular formula is C15H23NO3. The Bertz CT molecular complexity index is 461. The quantitative estimate of drug-likeness (QED) is 0.875. The molecule has 1 amide bonds. The average Bonchev–Trinajstić information content (AvgIpc) is 2.33. The molecule has 1 aromatic rings. The van der Waals surface area contributed by atoms with E-state index < -0.39 is 0 Å². The summed E-state index contributed by atoms with van der Waals surface area (Å²) in [5.41, 5.74) is 2.37. The van der Waals surface area contributed by atoms with Crippen LogP contribution in [-0.4, -0.2) is 31.3 Å². The third-order valence-electron chi connectivity index (χ3n) is 3.00. The minimum atomic E-state index is -0.167. The number of benzene rings is 1. The van der Waals surface area contributed by atoms with Crippen molar-refractivity contribution in [3.8, 4) is 5.75 Å². The number of ether oxygens (including phenoxy) is 1. The van der Waals surface area contributed by atoms with Gasteiger partial charge in [0, 0.05) is 17.7 Å². The molecule has 0 radical (unpaired) electrons. The van der Waals surface area contributed by atoms with Crippen LogP contribution in [0, 0.1) is 6.92 Å². The normalized spacial score (nSPS) is 11.3. The molecule has 0 fully saturated rings. The van der Waals surface area contributed by atoms with Crippen LogP contribution in [0.4, 0.5) is 0 Å². The Morgan fingerprint density at radius 2 is 2.00 bits per heavy atom. The predicted octanol–water partition coefficient (Wildman–Crippen LogP) is 2.02. The summed E-state index contributed by atoms with van der Waals surface area (Å²) in [6.07, 6.45) is 0. The average molecular weight is 265 g/mol. The molecule has 106 valence electrons. The molecule has 0 spiro atoms. The first-order valence-corrected chi connectivity index (χ1v) is 6.39. The highest BCUT2D eigenvalue weighted by Crippen LogP contribution is 2.33. The Hall–Kier alpha value is -1.55. The highest BCUT2D eigenvalue weighted by Gasteiger charge is 2.22. The summed E-state index contributed by atoms with van der Waals surface area (Å²) in [6, 6.07) is 3.76. The second kappa shape index (κ2) is 6.06. The number of carbonyl (C=O) groups excluding carboxylic acids is 1. The molecule has 19 heavy (non-hydrogen) atoms. The minimum Gasteiger partial charge on any atom is -0.496 e. The van der Waals surface area contributed by atoms with Crippen molar-refractivity contribution in [3.05, 3.63) is 28.8 Å². The Labute approximate surface area is 114 Å². The van der Waals surface area contributed by atoms with Gasteiger partial charge < -0.3 is 15.2 Å². The Morgan fingerprint density at radius 3 is 2.47 bits per heavy atom. The standard InChI is InChI=1S/C15H23NO3/c1-10-8-13(19-5)12(15(2,3)4)9-11(10)14(18)16-6-7-17/h8-9,17H,6-7H2,1-5H3,(H,16,18). The first kappa shape index (κ1) is 15.5. The van der Waals surface area contributed by atoms with Crippen molar-refractivity contribution in [2.24, 2.45) is 0 Å². The Balaban J connectivity index is 3.24. The van der Waals surface area contributed by atoms with E-state index >= 15 is 0 Å². The molecule has 0 saturated heterocycles. The molecule has 4 heteroatoms. The smallest absolute Gasteiger partial charge is 0.251 e. The van der Waals surface area contributed by atoms with E-state index in [0.29, 0.717) is 5.56 Å². The van der Waals surface area contributed by atoms with Gasteiger partial charge in [0.05, 0.1) is 13.7 Å². The number of nitrogens with one attached hydrogen (secondary N) is 1. The van der Waals surface area contributed by atoms with Crippen molar-refractivity contribution in [1.82, 2.24) is 5.32 Å². The van der Waals surface area contributed by atoms with Gasteiger partial charge in [-0.1, -0.05) is 20.8 Å². The summed E-state index contributed by atoms with van der Waals surface area (Å²) in [7, 11) is 1.63. The number of aliphatic hydroxyl groups is 1. The number of amides is 1. The summed E-state index contributed by atoms with van der Waals surface area (Å²) < 4.78 is 5.40. The van der Waals surface area contributed by atoms with E-state index in [0.717, 1.165) is 16.9 Å². The van der Waals surface area contributed by atoms with Crippen LogP contribution in [0.15, 0.2) is 12.1 Å². The van der Waals surface area contributed by atoms with Crippen LogP contribution in [0.1, 0.15) is 42.3 Å². The van der Waals surface area contributed by atoms with E-state index in [-0.39, 0.29) is 24.5 Å². The van der Waals surface area contributed by atoms with Crippen molar-refractivity contribution in [2.45, 2.75) is 33.1 Å². The topological polar surface area (TPSA) is 58.6 Å². The molecule has 4 nitrogen and oxygen atoms in total. The molecule has 1 rings (SSSR count). The van der Waals surface area contributed by atoms with E-state index in [1.807, 2.05) is 19.1 Å². The third-order valence-corrected chi connectivity index (χ3v) is 3.00. The third kappa shape index (κ3) is 3.70. The molecule has 0 atom stereocenters. The monoisotopic (exact) mass is 265 g/mol. The molecule has 0 bridgehead atoms. The molecule has 0 aliphatic carbocycles. The first-order chi connectivity index (χ1) is 8.81. The Morgan fingerprint density at radius 1 is 1.37 bits per heavy atom. The van der Waals surface area contributed by atoms with Crippen LogP contribution < -0.4 is 10.1 Å². The van der Waals surface area contributed by atoms with Gasteiger partial charge >= 0.3 is 0 Å². The highest BCUT2D eigenvalue weighted by atomic mass is 16.5. The Kier molecular flexibility index (Phi) is 4.95. The van der Waals surface area contributed by atoms with E-state index in [9.17, 15) is 4.79 Å². The van der Waals surface area contributed by atoms with Gasteiger partial charge in [0.15, 0.2) is 0 Å². The maximum Gasteiger partial charge on any atom is 0.251 e. The lowest BCUT2D eigenvalue weighted by Gasteiger charge is -2.23. The maximum absolute atomic E-state index is 12.0. The number of rotatable bonds is 4. The van der Waals surface area contributed by atoms with Crippen LogP contribution in [0.3, 0.4) is 0 Å². The second-order valence-electron chi connectivity index (χ2n) is 5.60. The molecule has 0 aliphatic heterocycles. The van der Waals surface area contributed by atoms with Crippen molar-refractivity contribution in [2.75, 3.05) is 20.3 Å². The number of hydrogen-bond acceptors (Lipinski definition) is 3. The zero-order chi connectivity index (χ0) is 14.6. The SMILES string of the molecule is COc1cc(C)c(C(=O)NCCO)cc1C(C)(C)C. The first-order valence-electron chi connectivity index (χ1n) is 6.39. The fourth-order valence-corrected chi connectivity index (χ4v) is 1.95. The summed E-state index contributed by atoms with van der Waals surface area (Å²) in [6.45, 7) is 8.31. The largest absolute Gasteiger partial charge is 0.496 e. The van der Waals surface area contributed by atoms with Gasteiger partial charge in [0.2, 0.25) is 0 Å². The zero-order valence-corrected chi connectivity index (χ0v) is 12.3. The molecule has 0 saturated carbocycles. The molecule has 0 heterocycles. The minimum absolute atomic E-state index is 0.0624. The van der Waals surface area contributed by atoms with E-state index in [1.54, 1.807) is 7.11 Å². The van der Waals surface area contributed by atoms with Crippen LogP contribution in [0.25, 0.3) is 0 Å². The van der Waals surface area contributed by atoms with E-state index in [2.05, 4.69) is 26.1 Å². The van der Waals surface area contributed by atoms with Crippen molar-refractivity contribution < 1.29 is 14.6 Å². The van der Waals surface area contributed by atoms with Crippen molar-refractivity contribution in [3.63, 3.8) is 0 Å². The van der Waals surface area contributed by atoms with E-state index in [1.165, 1.54) is 0 Å². The van der Waals surface area contributed by atoms with Gasteiger partial charge in [-0.25, -0.2) is 0 Å². The lowest BCUT2D eigenvalue weighted by atomic mass is 9.84. The van der Waals surface area contributed by atoms with Gasteiger partial charge in [0.25, 0.3) is 5.91 Å².